The lowest BCUT2D eigenvalue weighted by Gasteiger charge is -2.13. The fourth-order valence-electron chi connectivity index (χ4n) is 2.01. The Hall–Kier alpha value is -1.85. The van der Waals surface area contributed by atoms with Crippen LogP contribution >= 0.6 is 0 Å². The van der Waals surface area contributed by atoms with Gasteiger partial charge in [0.15, 0.2) is 0 Å². The number of halogens is 3. The summed E-state index contributed by atoms with van der Waals surface area (Å²) < 4.78 is 38.8. The van der Waals surface area contributed by atoms with Gasteiger partial charge in [-0.05, 0) is 18.4 Å². The van der Waals surface area contributed by atoms with E-state index in [1.165, 1.54) is 6.07 Å². The largest absolute Gasteiger partial charge is 0.418 e. The zero-order valence-electron chi connectivity index (χ0n) is 10.6. The van der Waals surface area contributed by atoms with E-state index < -0.39 is 11.7 Å². The van der Waals surface area contributed by atoms with Gasteiger partial charge in [0.1, 0.15) is 0 Å². The molecule has 2 N–H and O–H groups in total. The van der Waals surface area contributed by atoms with Crippen molar-refractivity contribution in [2.24, 2.45) is 5.92 Å². The Morgan fingerprint density at radius 3 is 2.47 bits per heavy atom. The molecule has 0 saturated carbocycles. The maximum absolute atomic E-state index is 12.9. The monoisotopic (exact) mass is 269 g/mol. The van der Waals surface area contributed by atoms with Crippen molar-refractivity contribution < 1.29 is 13.2 Å². The molecule has 6 heteroatoms. The molecule has 0 aliphatic rings. The Kier molecular flexibility index (Phi) is 3.34. The lowest BCUT2D eigenvalue weighted by atomic mass is 10.0. The Bertz CT molecular complexity index is 606. The molecule has 2 aromatic rings. The third kappa shape index (κ3) is 2.77. The van der Waals surface area contributed by atoms with E-state index in [2.05, 4.69) is 9.97 Å². The second-order valence-corrected chi connectivity index (χ2v) is 4.83. The number of para-hydroxylation sites is 1. The number of hydrogen-bond acceptors (Lipinski definition) is 3. The van der Waals surface area contributed by atoms with E-state index in [0.29, 0.717) is 17.5 Å². The predicted octanol–water partition coefficient (Wildman–Crippen LogP) is 3.43. The number of nitrogen functional groups attached to an aromatic ring is 1. The number of nitrogens with two attached hydrogens (primary N) is 1. The molecule has 1 aromatic heterocycles. The summed E-state index contributed by atoms with van der Waals surface area (Å²) in [5.74, 6) is 0.145. The summed E-state index contributed by atoms with van der Waals surface area (Å²) in [5, 5.41) is 0.415. The Morgan fingerprint density at radius 1 is 1.21 bits per heavy atom. The molecular formula is C13H14F3N3. The first-order chi connectivity index (χ1) is 8.79. The molecule has 3 nitrogen and oxygen atoms in total. The molecular weight excluding hydrogens is 255 g/mol. The standard InChI is InChI=1S/C13H14F3N3/c1-7(2)6-10-8-4-3-5-9(13(14,15)16)11(8)19-12(17)18-10/h3-5,7H,6H2,1-2H3,(H2,17,18,19). The molecule has 0 aliphatic carbocycles. The van der Waals surface area contributed by atoms with Crippen LogP contribution < -0.4 is 5.73 Å². The van der Waals surface area contributed by atoms with Gasteiger partial charge < -0.3 is 5.73 Å². The van der Waals surface area contributed by atoms with Crippen LogP contribution in [0.5, 0.6) is 0 Å². The normalized spacial score (nSPS) is 12.3. The van der Waals surface area contributed by atoms with Crippen LogP contribution in [0.4, 0.5) is 19.1 Å². The van der Waals surface area contributed by atoms with E-state index in [9.17, 15) is 13.2 Å². The first kappa shape index (κ1) is 13.6. The average Bonchev–Trinajstić information content (AvgIpc) is 2.25. The molecule has 1 heterocycles. The molecule has 0 radical (unpaired) electrons. The van der Waals surface area contributed by atoms with Gasteiger partial charge in [0, 0.05) is 5.39 Å². The number of anilines is 1. The summed E-state index contributed by atoms with van der Waals surface area (Å²) in [6, 6.07) is 3.98. The van der Waals surface area contributed by atoms with Gasteiger partial charge in [0.05, 0.1) is 16.8 Å². The van der Waals surface area contributed by atoms with Crippen molar-refractivity contribution in [2.75, 3.05) is 5.73 Å². The molecule has 19 heavy (non-hydrogen) atoms. The van der Waals surface area contributed by atoms with Gasteiger partial charge in [-0.1, -0.05) is 26.0 Å². The summed E-state index contributed by atoms with van der Waals surface area (Å²) >= 11 is 0. The minimum absolute atomic E-state index is 0.125. The molecule has 0 bridgehead atoms. The molecule has 0 unspecified atom stereocenters. The zero-order chi connectivity index (χ0) is 14.2. The number of benzene rings is 1. The Labute approximate surface area is 108 Å². The highest BCUT2D eigenvalue weighted by atomic mass is 19.4. The highest BCUT2D eigenvalue weighted by Crippen LogP contribution is 2.35. The van der Waals surface area contributed by atoms with Gasteiger partial charge in [-0.3, -0.25) is 0 Å². The van der Waals surface area contributed by atoms with Gasteiger partial charge in [0.2, 0.25) is 5.95 Å². The first-order valence-corrected chi connectivity index (χ1v) is 5.91. The van der Waals surface area contributed by atoms with E-state index in [4.69, 9.17) is 5.73 Å². The average molecular weight is 269 g/mol. The number of alkyl halides is 3. The van der Waals surface area contributed by atoms with Crippen molar-refractivity contribution in [3.63, 3.8) is 0 Å². The highest BCUT2D eigenvalue weighted by molar-refractivity contribution is 5.85. The van der Waals surface area contributed by atoms with E-state index in [-0.39, 0.29) is 17.4 Å². The number of rotatable bonds is 2. The minimum atomic E-state index is -4.45. The molecule has 0 aliphatic heterocycles. The van der Waals surface area contributed by atoms with Gasteiger partial charge in [-0.15, -0.1) is 0 Å². The third-order valence-electron chi connectivity index (χ3n) is 2.73. The molecule has 0 spiro atoms. The van der Waals surface area contributed by atoms with Crippen LogP contribution in [0.2, 0.25) is 0 Å². The molecule has 0 amide bonds. The smallest absolute Gasteiger partial charge is 0.368 e. The van der Waals surface area contributed by atoms with Crippen LogP contribution in [-0.4, -0.2) is 9.97 Å². The maximum atomic E-state index is 12.9. The quantitative estimate of drug-likeness (QED) is 0.908. The van der Waals surface area contributed by atoms with Crippen LogP contribution in [0.15, 0.2) is 18.2 Å². The summed E-state index contributed by atoms with van der Waals surface area (Å²) in [5.41, 5.74) is 5.18. The van der Waals surface area contributed by atoms with Crippen LogP contribution in [0.3, 0.4) is 0 Å². The van der Waals surface area contributed by atoms with Crippen LogP contribution in [0.25, 0.3) is 10.9 Å². The summed E-state index contributed by atoms with van der Waals surface area (Å²) in [4.78, 5) is 7.82. The van der Waals surface area contributed by atoms with Gasteiger partial charge in [-0.25, -0.2) is 9.97 Å². The summed E-state index contributed by atoms with van der Waals surface area (Å²) in [7, 11) is 0. The van der Waals surface area contributed by atoms with Gasteiger partial charge in [0.25, 0.3) is 0 Å². The fourth-order valence-corrected chi connectivity index (χ4v) is 2.01. The Morgan fingerprint density at radius 2 is 1.89 bits per heavy atom. The summed E-state index contributed by atoms with van der Waals surface area (Å²) in [6.45, 7) is 3.94. The minimum Gasteiger partial charge on any atom is -0.368 e. The zero-order valence-corrected chi connectivity index (χ0v) is 10.6. The molecule has 102 valence electrons. The van der Waals surface area contributed by atoms with E-state index >= 15 is 0 Å². The first-order valence-electron chi connectivity index (χ1n) is 5.91. The second kappa shape index (κ2) is 4.68. The van der Waals surface area contributed by atoms with Crippen LogP contribution in [0, 0.1) is 5.92 Å². The van der Waals surface area contributed by atoms with Crippen molar-refractivity contribution in [1.29, 1.82) is 0 Å². The summed E-state index contributed by atoms with van der Waals surface area (Å²) in [6.07, 6.45) is -3.89. The number of nitrogens with zero attached hydrogens (tertiary/aromatic N) is 2. The molecule has 0 fully saturated rings. The number of hydrogen-bond donors (Lipinski definition) is 1. The van der Waals surface area contributed by atoms with Gasteiger partial charge >= 0.3 is 6.18 Å². The van der Waals surface area contributed by atoms with Crippen LogP contribution in [0.1, 0.15) is 25.1 Å². The third-order valence-corrected chi connectivity index (χ3v) is 2.73. The molecule has 0 saturated heterocycles. The topological polar surface area (TPSA) is 51.8 Å². The molecule has 2 rings (SSSR count). The van der Waals surface area contributed by atoms with E-state index in [1.807, 2.05) is 13.8 Å². The number of fused-ring (bicyclic) bond motifs is 1. The fraction of sp³-hybridized carbons (Fsp3) is 0.385. The second-order valence-electron chi connectivity index (χ2n) is 4.83. The Balaban J connectivity index is 2.74. The van der Waals surface area contributed by atoms with Crippen molar-refractivity contribution in [3.8, 4) is 0 Å². The lowest BCUT2D eigenvalue weighted by Crippen LogP contribution is -2.10. The molecule has 1 aromatic carbocycles. The van der Waals surface area contributed by atoms with E-state index in [0.717, 1.165) is 6.07 Å². The lowest BCUT2D eigenvalue weighted by molar-refractivity contribution is -0.136. The number of aromatic nitrogens is 2. The van der Waals surface area contributed by atoms with Crippen molar-refractivity contribution >= 4 is 16.9 Å². The van der Waals surface area contributed by atoms with Gasteiger partial charge in [-0.2, -0.15) is 13.2 Å². The highest BCUT2D eigenvalue weighted by Gasteiger charge is 2.33. The maximum Gasteiger partial charge on any atom is 0.418 e. The van der Waals surface area contributed by atoms with Crippen LogP contribution in [-0.2, 0) is 12.6 Å². The van der Waals surface area contributed by atoms with Crippen molar-refractivity contribution in [3.05, 3.63) is 29.5 Å². The predicted molar refractivity (Wildman–Crippen MR) is 67.5 cm³/mol. The van der Waals surface area contributed by atoms with E-state index in [1.54, 1.807) is 6.07 Å². The molecule has 0 atom stereocenters. The SMILES string of the molecule is CC(C)Cc1nc(N)nc2c(C(F)(F)F)cccc12. The van der Waals surface area contributed by atoms with Crippen molar-refractivity contribution in [1.82, 2.24) is 9.97 Å². The van der Waals surface area contributed by atoms with Crippen molar-refractivity contribution in [2.45, 2.75) is 26.4 Å².